The number of benzene rings is 1. The van der Waals surface area contributed by atoms with E-state index < -0.39 is 12.8 Å². The van der Waals surface area contributed by atoms with E-state index in [-0.39, 0.29) is 19.1 Å². The molecule has 0 atom stereocenters. The SMILES string of the molecule is O=C(NCc1cccc(COCC(F)(F)F)c1)c1n[nH]c2c1CNCC2. The van der Waals surface area contributed by atoms with Crippen LogP contribution in [-0.2, 0) is 30.9 Å². The van der Waals surface area contributed by atoms with Gasteiger partial charge < -0.3 is 15.4 Å². The molecule has 0 saturated carbocycles. The van der Waals surface area contributed by atoms with Crippen LogP contribution >= 0.6 is 0 Å². The van der Waals surface area contributed by atoms with Crippen LogP contribution in [0.3, 0.4) is 0 Å². The Bertz CT molecular complexity index is 774. The van der Waals surface area contributed by atoms with E-state index in [9.17, 15) is 18.0 Å². The van der Waals surface area contributed by atoms with Crippen molar-refractivity contribution >= 4 is 5.91 Å². The minimum absolute atomic E-state index is 0.139. The van der Waals surface area contributed by atoms with E-state index >= 15 is 0 Å². The molecular formula is C17H19F3N4O2. The van der Waals surface area contributed by atoms with Crippen molar-refractivity contribution in [1.82, 2.24) is 20.8 Å². The molecule has 1 aliphatic heterocycles. The van der Waals surface area contributed by atoms with Crippen LogP contribution in [0.1, 0.15) is 32.9 Å². The number of fused-ring (bicyclic) bond motifs is 1. The van der Waals surface area contributed by atoms with E-state index in [1.165, 1.54) is 0 Å². The van der Waals surface area contributed by atoms with Crippen LogP contribution in [0.2, 0.25) is 0 Å². The van der Waals surface area contributed by atoms with Crippen LogP contribution in [-0.4, -0.2) is 35.4 Å². The number of nitrogens with zero attached hydrogens (tertiary/aromatic N) is 1. The summed E-state index contributed by atoms with van der Waals surface area (Å²) in [5.74, 6) is -0.287. The van der Waals surface area contributed by atoms with Gasteiger partial charge in [-0.05, 0) is 11.1 Å². The van der Waals surface area contributed by atoms with Crippen LogP contribution in [0, 0.1) is 0 Å². The molecule has 2 aromatic rings. The Balaban J connectivity index is 1.55. The summed E-state index contributed by atoms with van der Waals surface area (Å²) in [5.41, 5.74) is 3.61. The summed E-state index contributed by atoms with van der Waals surface area (Å²) >= 11 is 0. The number of alkyl halides is 3. The first kappa shape index (κ1) is 18.4. The van der Waals surface area contributed by atoms with Crippen molar-refractivity contribution in [3.05, 3.63) is 52.3 Å². The Hall–Kier alpha value is -2.39. The highest BCUT2D eigenvalue weighted by molar-refractivity contribution is 5.94. The molecule has 1 aromatic carbocycles. The van der Waals surface area contributed by atoms with Gasteiger partial charge in [-0.15, -0.1) is 0 Å². The molecule has 0 unspecified atom stereocenters. The first-order valence-corrected chi connectivity index (χ1v) is 8.20. The summed E-state index contributed by atoms with van der Waals surface area (Å²) in [7, 11) is 0. The molecule has 26 heavy (non-hydrogen) atoms. The van der Waals surface area contributed by atoms with E-state index in [2.05, 4.69) is 25.6 Å². The zero-order valence-corrected chi connectivity index (χ0v) is 13.9. The number of aromatic nitrogens is 2. The Kier molecular flexibility index (Phi) is 5.58. The van der Waals surface area contributed by atoms with Gasteiger partial charge in [0, 0.05) is 37.3 Å². The van der Waals surface area contributed by atoms with Gasteiger partial charge in [-0.2, -0.15) is 18.3 Å². The smallest absolute Gasteiger partial charge is 0.367 e. The van der Waals surface area contributed by atoms with Crippen molar-refractivity contribution in [3.63, 3.8) is 0 Å². The zero-order chi connectivity index (χ0) is 18.6. The molecule has 0 fully saturated rings. The van der Waals surface area contributed by atoms with Gasteiger partial charge in [0.2, 0.25) is 0 Å². The molecule has 6 nitrogen and oxygen atoms in total. The third kappa shape index (κ3) is 4.83. The van der Waals surface area contributed by atoms with Crippen LogP contribution in [0.15, 0.2) is 24.3 Å². The van der Waals surface area contributed by atoms with Gasteiger partial charge in [0.1, 0.15) is 6.61 Å². The van der Waals surface area contributed by atoms with Gasteiger partial charge in [0.25, 0.3) is 5.91 Å². The lowest BCUT2D eigenvalue weighted by molar-refractivity contribution is -0.176. The van der Waals surface area contributed by atoms with Crippen LogP contribution in [0.5, 0.6) is 0 Å². The van der Waals surface area contributed by atoms with Gasteiger partial charge in [-0.1, -0.05) is 24.3 Å². The molecule has 140 valence electrons. The van der Waals surface area contributed by atoms with Gasteiger partial charge >= 0.3 is 6.18 Å². The third-order valence-corrected chi connectivity index (χ3v) is 4.00. The standard InChI is InChI=1S/C17H19F3N4O2/c18-17(19,20)10-26-9-12-3-1-2-11(6-12)7-22-16(25)15-13-8-21-5-4-14(13)23-24-15/h1-3,6,21H,4-5,7-10H2,(H,22,25)(H,23,24). The maximum absolute atomic E-state index is 12.3. The maximum atomic E-state index is 12.3. The third-order valence-electron chi connectivity index (χ3n) is 4.00. The Labute approximate surface area is 148 Å². The molecule has 2 heterocycles. The first-order chi connectivity index (χ1) is 12.4. The number of nitrogens with one attached hydrogen (secondary N) is 3. The van der Waals surface area contributed by atoms with Crippen molar-refractivity contribution in [2.24, 2.45) is 0 Å². The molecule has 1 aliphatic rings. The Morgan fingerprint density at radius 2 is 2.12 bits per heavy atom. The maximum Gasteiger partial charge on any atom is 0.411 e. The Morgan fingerprint density at radius 1 is 1.31 bits per heavy atom. The number of carbonyl (C=O) groups excluding carboxylic acids is 1. The molecule has 0 radical (unpaired) electrons. The number of hydrogen-bond acceptors (Lipinski definition) is 4. The van der Waals surface area contributed by atoms with Crippen molar-refractivity contribution in [1.29, 1.82) is 0 Å². The molecule has 9 heteroatoms. The molecule has 0 bridgehead atoms. The largest absolute Gasteiger partial charge is 0.411 e. The summed E-state index contributed by atoms with van der Waals surface area (Å²) in [4.78, 5) is 12.3. The second-order valence-electron chi connectivity index (χ2n) is 6.07. The lowest BCUT2D eigenvalue weighted by Gasteiger charge is -2.13. The number of ether oxygens (including phenoxy) is 1. The topological polar surface area (TPSA) is 79.0 Å². The summed E-state index contributed by atoms with van der Waals surface area (Å²) in [6.07, 6.45) is -3.54. The number of rotatable bonds is 6. The molecular weight excluding hydrogens is 349 g/mol. The van der Waals surface area contributed by atoms with Gasteiger partial charge in [0.05, 0.1) is 6.61 Å². The molecule has 1 amide bonds. The van der Waals surface area contributed by atoms with E-state index in [0.29, 0.717) is 17.8 Å². The number of amides is 1. The van der Waals surface area contributed by atoms with Crippen LogP contribution in [0.25, 0.3) is 0 Å². The quantitative estimate of drug-likeness (QED) is 0.729. The number of carbonyl (C=O) groups is 1. The zero-order valence-electron chi connectivity index (χ0n) is 13.9. The first-order valence-electron chi connectivity index (χ1n) is 8.20. The average Bonchev–Trinajstić information content (AvgIpc) is 3.03. The summed E-state index contributed by atoms with van der Waals surface area (Å²) < 4.78 is 41.0. The number of halogens is 3. The van der Waals surface area contributed by atoms with Crippen molar-refractivity contribution in [3.8, 4) is 0 Å². The summed E-state index contributed by atoms with van der Waals surface area (Å²) in [6, 6.07) is 6.89. The predicted molar refractivity (Wildman–Crippen MR) is 87.3 cm³/mol. The highest BCUT2D eigenvalue weighted by Crippen LogP contribution is 2.17. The molecule has 3 N–H and O–H groups in total. The van der Waals surface area contributed by atoms with E-state index in [4.69, 9.17) is 0 Å². The fraction of sp³-hybridized carbons (Fsp3) is 0.412. The van der Waals surface area contributed by atoms with Gasteiger partial charge in [0.15, 0.2) is 5.69 Å². The minimum atomic E-state index is -4.34. The van der Waals surface area contributed by atoms with Gasteiger partial charge in [-0.3, -0.25) is 9.89 Å². The Morgan fingerprint density at radius 3 is 2.92 bits per heavy atom. The summed E-state index contributed by atoms with van der Waals surface area (Å²) in [6.45, 7) is 0.271. The highest BCUT2D eigenvalue weighted by atomic mass is 19.4. The highest BCUT2D eigenvalue weighted by Gasteiger charge is 2.27. The van der Waals surface area contributed by atoms with Gasteiger partial charge in [-0.25, -0.2) is 0 Å². The minimum Gasteiger partial charge on any atom is -0.367 e. The fourth-order valence-electron chi connectivity index (χ4n) is 2.79. The monoisotopic (exact) mass is 368 g/mol. The lowest BCUT2D eigenvalue weighted by Crippen LogP contribution is -2.28. The number of aromatic amines is 1. The second kappa shape index (κ2) is 7.88. The second-order valence-corrected chi connectivity index (χ2v) is 6.07. The van der Waals surface area contributed by atoms with Crippen LogP contribution < -0.4 is 10.6 Å². The molecule has 0 aliphatic carbocycles. The average molecular weight is 368 g/mol. The van der Waals surface area contributed by atoms with E-state index in [0.717, 1.165) is 29.8 Å². The fourth-order valence-corrected chi connectivity index (χ4v) is 2.79. The lowest BCUT2D eigenvalue weighted by atomic mass is 10.1. The van der Waals surface area contributed by atoms with Crippen molar-refractivity contribution in [2.75, 3.05) is 13.2 Å². The normalized spacial score (nSPS) is 14.1. The predicted octanol–water partition coefficient (Wildman–Crippen LogP) is 2.06. The number of H-pyrrole nitrogens is 1. The van der Waals surface area contributed by atoms with Crippen LogP contribution in [0.4, 0.5) is 13.2 Å². The van der Waals surface area contributed by atoms with Crippen molar-refractivity contribution < 1.29 is 22.7 Å². The number of hydrogen-bond donors (Lipinski definition) is 3. The molecule has 0 saturated heterocycles. The van der Waals surface area contributed by atoms with E-state index in [1.54, 1.807) is 24.3 Å². The molecule has 3 rings (SSSR count). The van der Waals surface area contributed by atoms with Crippen molar-refractivity contribution in [2.45, 2.75) is 32.3 Å². The molecule has 1 aromatic heterocycles. The van der Waals surface area contributed by atoms with E-state index in [1.807, 2.05) is 0 Å². The summed E-state index contributed by atoms with van der Waals surface area (Å²) in [5, 5.41) is 13.0. The molecule has 0 spiro atoms.